The molecule has 0 aromatic carbocycles. The van der Waals surface area contributed by atoms with Gasteiger partial charge in [-0.25, -0.2) is 0 Å². The molecule has 98 valence electrons. The molecule has 4 rings (SSSR count). The number of hydrogen-bond donors (Lipinski definition) is 0. The highest BCUT2D eigenvalue weighted by Gasteiger charge is 2.42. The first-order valence-corrected chi connectivity index (χ1v) is 8.01. The molecule has 0 spiro atoms. The predicted molar refractivity (Wildman–Crippen MR) is 75.4 cm³/mol. The Morgan fingerprint density at radius 1 is 1.11 bits per heavy atom. The van der Waals surface area contributed by atoms with Crippen LogP contribution in [0.5, 0.6) is 0 Å². The van der Waals surface area contributed by atoms with Gasteiger partial charge in [0.1, 0.15) is 0 Å². The Morgan fingerprint density at radius 3 is 3.06 bits per heavy atom. The van der Waals surface area contributed by atoms with E-state index in [0.717, 1.165) is 23.8 Å². The Bertz CT molecular complexity index is 381. The van der Waals surface area contributed by atoms with Gasteiger partial charge in [-0.1, -0.05) is 43.1 Å². The number of rotatable bonds is 0. The lowest BCUT2D eigenvalue weighted by Crippen LogP contribution is -2.54. The summed E-state index contributed by atoms with van der Waals surface area (Å²) in [7, 11) is 0. The van der Waals surface area contributed by atoms with Crippen LogP contribution in [0.25, 0.3) is 0 Å². The molecule has 0 radical (unpaired) electrons. The zero-order chi connectivity index (χ0) is 11.9. The summed E-state index contributed by atoms with van der Waals surface area (Å²) < 4.78 is 0. The number of allylic oxidation sites excluding steroid dienone is 3. The lowest BCUT2D eigenvalue weighted by molar-refractivity contribution is 0.00160. The van der Waals surface area contributed by atoms with Gasteiger partial charge in [0.2, 0.25) is 0 Å². The molecule has 1 saturated carbocycles. The van der Waals surface area contributed by atoms with Crippen LogP contribution in [0.15, 0.2) is 23.8 Å². The second kappa shape index (κ2) is 4.52. The van der Waals surface area contributed by atoms with E-state index in [2.05, 4.69) is 23.1 Å². The van der Waals surface area contributed by atoms with Crippen molar-refractivity contribution in [3.63, 3.8) is 0 Å². The minimum atomic E-state index is 0.853. The van der Waals surface area contributed by atoms with Gasteiger partial charge in [0.15, 0.2) is 0 Å². The van der Waals surface area contributed by atoms with Crippen molar-refractivity contribution >= 4 is 0 Å². The van der Waals surface area contributed by atoms with E-state index in [4.69, 9.17) is 0 Å². The van der Waals surface area contributed by atoms with Crippen molar-refractivity contribution in [3.05, 3.63) is 23.8 Å². The van der Waals surface area contributed by atoms with Gasteiger partial charge < -0.3 is 0 Å². The molecule has 1 heteroatoms. The molecule has 1 nitrogen and oxygen atoms in total. The first-order valence-electron chi connectivity index (χ1n) is 8.01. The fourth-order valence-electron chi connectivity index (χ4n) is 5.05. The SMILES string of the molecule is C1=CCC2CN3CCC4CCCCC4C3CC2=C1. The van der Waals surface area contributed by atoms with Crippen molar-refractivity contribution in [2.75, 3.05) is 13.1 Å². The first-order chi connectivity index (χ1) is 8.92. The Kier molecular flexibility index (Phi) is 2.83. The Labute approximate surface area is 111 Å². The largest absolute Gasteiger partial charge is 0.299 e. The van der Waals surface area contributed by atoms with E-state index in [9.17, 15) is 0 Å². The van der Waals surface area contributed by atoms with Gasteiger partial charge in [-0.15, -0.1) is 0 Å². The Balaban J connectivity index is 1.58. The number of fused-ring (bicyclic) bond motifs is 4. The molecule has 0 aromatic heterocycles. The molecule has 2 aliphatic carbocycles. The van der Waals surface area contributed by atoms with Gasteiger partial charge in [0, 0.05) is 12.6 Å². The predicted octanol–water partition coefficient (Wildman–Crippen LogP) is 3.77. The summed E-state index contributed by atoms with van der Waals surface area (Å²) in [6.45, 7) is 2.74. The van der Waals surface area contributed by atoms with Crippen LogP contribution in [0.4, 0.5) is 0 Å². The number of hydrogen-bond acceptors (Lipinski definition) is 1. The summed E-state index contributed by atoms with van der Waals surface area (Å²) in [6, 6.07) is 0.901. The van der Waals surface area contributed by atoms with Crippen LogP contribution in [0.3, 0.4) is 0 Å². The number of nitrogens with zero attached hydrogens (tertiary/aromatic N) is 1. The summed E-state index contributed by atoms with van der Waals surface area (Å²) in [4.78, 5) is 2.85. The smallest absolute Gasteiger partial charge is 0.0164 e. The molecule has 0 N–H and O–H groups in total. The van der Waals surface area contributed by atoms with Crippen LogP contribution < -0.4 is 0 Å². The van der Waals surface area contributed by atoms with Crippen molar-refractivity contribution in [1.29, 1.82) is 0 Å². The Hall–Kier alpha value is -0.560. The molecule has 4 atom stereocenters. The molecule has 4 unspecified atom stereocenters. The fourth-order valence-corrected chi connectivity index (χ4v) is 5.05. The van der Waals surface area contributed by atoms with Gasteiger partial charge in [0.25, 0.3) is 0 Å². The lowest BCUT2D eigenvalue weighted by atomic mass is 9.67. The van der Waals surface area contributed by atoms with Crippen molar-refractivity contribution in [1.82, 2.24) is 4.90 Å². The molecular weight excluding hydrogens is 218 g/mol. The highest BCUT2D eigenvalue weighted by molar-refractivity contribution is 5.25. The van der Waals surface area contributed by atoms with E-state index in [-0.39, 0.29) is 0 Å². The summed E-state index contributed by atoms with van der Waals surface area (Å²) in [5, 5.41) is 0. The quantitative estimate of drug-likeness (QED) is 0.626. The average Bonchev–Trinajstić information content (AvgIpc) is 2.45. The van der Waals surface area contributed by atoms with Crippen molar-refractivity contribution < 1.29 is 0 Å². The minimum Gasteiger partial charge on any atom is -0.299 e. The maximum Gasteiger partial charge on any atom is 0.0164 e. The van der Waals surface area contributed by atoms with Crippen LogP contribution in [-0.2, 0) is 0 Å². The second-order valence-electron chi connectivity index (χ2n) is 6.87. The van der Waals surface area contributed by atoms with E-state index >= 15 is 0 Å². The molecule has 0 amide bonds. The zero-order valence-electron chi connectivity index (χ0n) is 11.4. The zero-order valence-corrected chi connectivity index (χ0v) is 11.4. The standard InChI is InChI=1S/C17H25N/c1-2-7-15-12-18-10-9-13-5-3-4-8-16(13)17(18)11-14(15)6-1/h1-2,6,13,15-17H,3-5,7-12H2. The summed E-state index contributed by atoms with van der Waals surface area (Å²) in [5.74, 6) is 2.95. The fraction of sp³-hybridized carbons (Fsp3) is 0.765. The van der Waals surface area contributed by atoms with Gasteiger partial charge in [-0.2, -0.15) is 0 Å². The molecule has 4 aliphatic rings. The maximum atomic E-state index is 2.85. The molecule has 0 aromatic rings. The van der Waals surface area contributed by atoms with E-state index < -0.39 is 0 Å². The van der Waals surface area contributed by atoms with E-state index in [1.807, 2.05) is 0 Å². The van der Waals surface area contributed by atoms with Crippen molar-refractivity contribution in [2.45, 2.75) is 51.0 Å². The third kappa shape index (κ3) is 1.79. The van der Waals surface area contributed by atoms with Crippen LogP contribution in [-0.4, -0.2) is 24.0 Å². The lowest BCUT2D eigenvalue weighted by Gasteiger charge is -2.52. The Morgan fingerprint density at radius 2 is 2.06 bits per heavy atom. The van der Waals surface area contributed by atoms with Crippen LogP contribution in [0, 0.1) is 17.8 Å². The van der Waals surface area contributed by atoms with Crippen LogP contribution >= 0.6 is 0 Å². The molecule has 2 heterocycles. The van der Waals surface area contributed by atoms with Gasteiger partial charge in [-0.05, 0) is 50.0 Å². The molecule has 0 bridgehead atoms. The maximum absolute atomic E-state index is 2.85. The third-order valence-corrected chi connectivity index (χ3v) is 6.01. The molecule has 3 fully saturated rings. The van der Waals surface area contributed by atoms with E-state index in [0.29, 0.717) is 0 Å². The van der Waals surface area contributed by atoms with E-state index in [1.54, 1.807) is 5.57 Å². The molecule has 18 heavy (non-hydrogen) atoms. The molecule has 2 saturated heterocycles. The van der Waals surface area contributed by atoms with Gasteiger partial charge in [0.05, 0.1) is 0 Å². The van der Waals surface area contributed by atoms with E-state index in [1.165, 1.54) is 58.0 Å². The molecular formula is C17H25N. The summed E-state index contributed by atoms with van der Waals surface area (Å²) >= 11 is 0. The third-order valence-electron chi connectivity index (χ3n) is 6.01. The highest BCUT2D eigenvalue weighted by Crippen LogP contribution is 2.45. The van der Waals surface area contributed by atoms with Crippen LogP contribution in [0.1, 0.15) is 44.9 Å². The normalized spacial score (nSPS) is 43.7. The van der Waals surface area contributed by atoms with Crippen molar-refractivity contribution in [3.8, 4) is 0 Å². The summed E-state index contributed by atoms with van der Waals surface area (Å²) in [6.07, 6.45) is 17.3. The van der Waals surface area contributed by atoms with Gasteiger partial charge in [-0.3, -0.25) is 4.90 Å². The second-order valence-corrected chi connectivity index (χ2v) is 6.87. The van der Waals surface area contributed by atoms with Gasteiger partial charge >= 0.3 is 0 Å². The minimum absolute atomic E-state index is 0.853. The average molecular weight is 243 g/mol. The number of piperidine rings is 2. The topological polar surface area (TPSA) is 3.24 Å². The first kappa shape index (κ1) is 11.3. The highest BCUT2D eigenvalue weighted by atomic mass is 15.2. The monoisotopic (exact) mass is 243 g/mol. The van der Waals surface area contributed by atoms with Crippen LogP contribution in [0.2, 0.25) is 0 Å². The molecule has 2 aliphatic heterocycles. The van der Waals surface area contributed by atoms with Crippen molar-refractivity contribution in [2.24, 2.45) is 17.8 Å². The summed E-state index contributed by atoms with van der Waals surface area (Å²) in [5.41, 5.74) is 1.77.